The number of hydrogen-bond donors (Lipinski definition) is 5. The number of ether oxygens (including phenoxy) is 1. The number of nitrogens with two attached hydrogens (primary N) is 1. The molecule has 0 aliphatic carbocycles. The van der Waals surface area contributed by atoms with Crippen molar-refractivity contribution in [1.82, 2.24) is 5.32 Å². The van der Waals surface area contributed by atoms with Gasteiger partial charge in [-0.25, -0.2) is 0 Å². The quantitative estimate of drug-likeness (QED) is 0.0401. The monoisotopic (exact) mass is 863 g/mol. The molecule has 0 bridgehead atoms. The Balaban J connectivity index is 1.21. The molecule has 3 aromatic carbocycles. The van der Waals surface area contributed by atoms with Crippen molar-refractivity contribution in [1.29, 1.82) is 0 Å². The van der Waals surface area contributed by atoms with Crippen LogP contribution in [0.1, 0.15) is 77.0 Å². The minimum Gasteiger partial charge on any atom is -0.492 e. The third-order valence-electron chi connectivity index (χ3n) is 11.0. The molecule has 60 heavy (non-hydrogen) atoms. The average molecular weight is 864 g/mol. The topological polar surface area (TPSA) is 217 Å². The van der Waals surface area contributed by atoms with Crippen molar-refractivity contribution in [3.63, 3.8) is 0 Å². The van der Waals surface area contributed by atoms with Crippen LogP contribution in [0.2, 0.25) is 0 Å². The lowest BCUT2D eigenvalue weighted by atomic mass is 9.81. The van der Waals surface area contributed by atoms with E-state index in [-0.39, 0.29) is 28.7 Å². The van der Waals surface area contributed by atoms with Crippen LogP contribution in [0.25, 0.3) is 0 Å². The number of hydrogen-bond acceptors (Lipinski definition) is 9. The first-order valence-corrected chi connectivity index (χ1v) is 22.7. The Bertz CT molecular complexity index is 2450. The van der Waals surface area contributed by atoms with Gasteiger partial charge in [0.05, 0.1) is 21.8 Å². The number of rotatable bonds is 19. The van der Waals surface area contributed by atoms with Crippen LogP contribution < -0.4 is 20.7 Å². The minimum atomic E-state index is -4.43. The molecule has 0 saturated carbocycles. The summed E-state index contributed by atoms with van der Waals surface area (Å²) in [7, 11) is -8.79. The van der Waals surface area contributed by atoms with Crippen molar-refractivity contribution in [2.45, 2.75) is 93.4 Å². The fourth-order valence-corrected chi connectivity index (χ4v) is 8.83. The molecule has 1 atom stereocenters. The molecule has 322 valence electrons. The highest BCUT2D eigenvalue weighted by Gasteiger charge is 2.45. The summed E-state index contributed by atoms with van der Waals surface area (Å²) >= 11 is 0. The zero-order valence-corrected chi connectivity index (χ0v) is 36.2. The largest absolute Gasteiger partial charge is 0.492 e. The van der Waals surface area contributed by atoms with Crippen LogP contribution >= 0.6 is 0 Å². The summed E-state index contributed by atoms with van der Waals surface area (Å²) in [5, 5.41) is 11.9. The van der Waals surface area contributed by atoms with Crippen LogP contribution in [0.4, 0.5) is 11.4 Å². The van der Waals surface area contributed by atoms with Gasteiger partial charge < -0.3 is 25.8 Å². The highest BCUT2D eigenvalue weighted by Crippen LogP contribution is 2.48. The maximum absolute atomic E-state index is 12.6. The summed E-state index contributed by atoms with van der Waals surface area (Å²) in [6.07, 6.45) is 12.4. The van der Waals surface area contributed by atoms with Gasteiger partial charge in [-0.15, -0.1) is 0 Å². The lowest BCUT2D eigenvalue weighted by Gasteiger charge is -2.25. The van der Waals surface area contributed by atoms with Crippen molar-refractivity contribution in [3.05, 3.63) is 113 Å². The number of fused-ring (bicyclic) bond motifs is 2. The Morgan fingerprint density at radius 1 is 0.867 bits per heavy atom. The second kappa shape index (κ2) is 18.6. The normalized spacial score (nSPS) is 17.1. The van der Waals surface area contributed by atoms with E-state index in [1.54, 1.807) is 36.4 Å². The zero-order valence-electron chi connectivity index (χ0n) is 34.6. The molecule has 2 aliphatic rings. The molecule has 6 N–H and O–H groups in total. The number of likely N-dealkylation sites (N-methyl/N-ethyl adjacent to an activating group) is 1. The maximum Gasteiger partial charge on any atom is 0.320 e. The zero-order chi connectivity index (χ0) is 44.0. The number of unbranched alkanes of at least 4 members (excludes halogenated alkanes) is 2. The smallest absolute Gasteiger partial charge is 0.320 e. The van der Waals surface area contributed by atoms with Crippen molar-refractivity contribution in [2.24, 2.45) is 5.73 Å². The molecule has 0 radical (unpaired) electrons. The summed E-state index contributed by atoms with van der Waals surface area (Å²) in [6, 6.07) is 15.3. The van der Waals surface area contributed by atoms with Gasteiger partial charge in [0.2, 0.25) is 11.6 Å². The van der Waals surface area contributed by atoms with Crippen LogP contribution in [0.15, 0.2) is 107 Å². The number of carbonyl (C=O) groups excluding carboxylic acids is 1. The first kappa shape index (κ1) is 45.9. The third-order valence-corrected chi connectivity index (χ3v) is 12.7. The number of carbonyl (C=O) groups is 2. The third kappa shape index (κ3) is 10.6. The van der Waals surface area contributed by atoms with Crippen LogP contribution in [0.3, 0.4) is 0 Å². The van der Waals surface area contributed by atoms with Crippen molar-refractivity contribution in [3.8, 4) is 5.75 Å². The molecule has 3 aromatic rings. The number of allylic oxidation sites excluding steroid dienone is 6. The van der Waals surface area contributed by atoms with Gasteiger partial charge >= 0.3 is 5.97 Å². The van der Waals surface area contributed by atoms with Gasteiger partial charge in [-0.3, -0.25) is 18.7 Å². The van der Waals surface area contributed by atoms with Gasteiger partial charge in [0, 0.05) is 53.9 Å². The van der Waals surface area contributed by atoms with Gasteiger partial charge in [0.15, 0.2) is 5.71 Å². The molecule has 0 fully saturated rings. The number of anilines is 1. The lowest BCUT2D eigenvalue weighted by molar-refractivity contribution is -0.438. The van der Waals surface area contributed by atoms with Gasteiger partial charge in [-0.05, 0) is 99.7 Å². The summed E-state index contributed by atoms with van der Waals surface area (Å²) in [6.45, 7) is 11.9. The van der Waals surface area contributed by atoms with Gasteiger partial charge in [-0.1, -0.05) is 44.2 Å². The summed E-state index contributed by atoms with van der Waals surface area (Å²) < 4.78 is 75.3. The SMILES string of the molecule is CCN1C(=CC=CC=CC2=[N+](CCCCCC(=O)NCCOc3ccc(C[C@H](N)C(=O)O)cc3)c3ccc(S(=O)(=O)O)cc3C2(C)C)C(C)(C)c2cc(S(=O)(=O)O)ccc21. The Morgan fingerprint density at radius 3 is 2.15 bits per heavy atom. The van der Waals surface area contributed by atoms with E-state index in [4.69, 9.17) is 15.6 Å². The van der Waals surface area contributed by atoms with Crippen molar-refractivity contribution in [2.75, 3.05) is 31.1 Å². The number of nitrogens with one attached hydrogen (secondary N) is 1. The molecule has 0 unspecified atom stereocenters. The van der Waals surface area contributed by atoms with Crippen LogP contribution in [-0.2, 0) is 47.1 Å². The van der Waals surface area contributed by atoms with E-state index >= 15 is 0 Å². The number of aliphatic carboxylic acids is 1. The van der Waals surface area contributed by atoms with Gasteiger partial charge in [-0.2, -0.15) is 21.4 Å². The van der Waals surface area contributed by atoms with E-state index in [9.17, 15) is 35.5 Å². The molecule has 2 aliphatic heterocycles. The number of amides is 1. The number of carboxylic acids is 1. The standard InChI is InChI=1S/C44H54N4O10S2/c1-6-47-37-22-20-32(59(52,53)54)28-34(37)43(2,3)39(47)13-9-7-10-14-40-44(4,5)35-29-33(60(55,56)57)21-23-38(35)48(40)25-12-8-11-15-41(49)46-24-26-58-31-18-16-30(17-19-31)27-36(45)42(50)51/h7,9-10,13-14,16-23,28-29,36H,6,8,11-12,15,24-27,45H2,1-5H3,(H3-,46,49,50,51,52,53,54,55,56,57)/p+1/t36-/m0/s1. The summed E-state index contributed by atoms with van der Waals surface area (Å²) in [5.74, 6) is -0.552. The van der Waals surface area contributed by atoms with E-state index in [0.29, 0.717) is 38.2 Å². The van der Waals surface area contributed by atoms with Crippen LogP contribution in [-0.4, -0.2) is 85.5 Å². The van der Waals surface area contributed by atoms with Crippen molar-refractivity contribution < 1.29 is 49.9 Å². The van der Waals surface area contributed by atoms with Crippen molar-refractivity contribution >= 4 is 49.2 Å². The molecule has 14 nitrogen and oxygen atoms in total. The predicted molar refractivity (Wildman–Crippen MR) is 230 cm³/mol. The highest BCUT2D eigenvalue weighted by atomic mass is 32.2. The van der Waals surface area contributed by atoms with Crippen LogP contribution in [0, 0.1) is 0 Å². The number of benzene rings is 3. The molecular weight excluding hydrogens is 809 g/mol. The molecule has 16 heteroatoms. The molecule has 0 saturated heterocycles. The molecule has 2 heterocycles. The van der Waals surface area contributed by atoms with Gasteiger partial charge in [0.25, 0.3) is 20.2 Å². The van der Waals surface area contributed by atoms with E-state index in [1.165, 1.54) is 24.3 Å². The van der Waals surface area contributed by atoms with Gasteiger partial charge in [0.1, 0.15) is 24.9 Å². The minimum absolute atomic E-state index is 0.0891. The van der Waals surface area contributed by atoms with E-state index in [2.05, 4.69) is 14.8 Å². The van der Waals surface area contributed by atoms with Crippen LogP contribution in [0.5, 0.6) is 5.75 Å². The number of nitrogens with zero attached hydrogens (tertiary/aromatic N) is 2. The molecule has 1 amide bonds. The molecular formula is C44H55N4O10S2+. The maximum atomic E-state index is 12.6. The Hall–Kier alpha value is -5.13. The predicted octanol–water partition coefficient (Wildman–Crippen LogP) is 6.08. The second-order valence-electron chi connectivity index (χ2n) is 15.9. The lowest BCUT2D eigenvalue weighted by Crippen LogP contribution is -2.32. The summed E-state index contributed by atoms with van der Waals surface area (Å²) in [5.41, 5.74) is 10.4. The van der Waals surface area contributed by atoms with E-state index in [0.717, 1.165) is 52.3 Å². The fraction of sp³-hybridized carbons (Fsp3) is 0.386. The van der Waals surface area contributed by atoms with E-state index < -0.39 is 43.1 Å². The second-order valence-corrected chi connectivity index (χ2v) is 18.8. The molecule has 0 aromatic heterocycles. The number of carboxylic acid groups (broad SMARTS) is 1. The fourth-order valence-electron chi connectivity index (χ4n) is 7.81. The Labute approximate surface area is 352 Å². The first-order chi connectivity index (χ1) is 28.2. The summed E-state index contributed by atoms with van der Waals surface area (Å²) in [4.78, 5) is 25.3. The first-order valence-electron chi connectivity index (χ1n) is 19.8. The highest BCUT2D eigenvalue weighted by molar-refractivity contribution is 7.86. The molecule has 5 rings (SSSR count). The Morgan fingerprint density at radius 2 is 1.52 bits per heavy atom. The average Bonchev–Trinajstić information content (AvgIpc) is 3.53. The Kier molecular flexibility index (Phi) is 14.3. The van der Waals surface area contributed by atoms with E-state index in [1.807, 2.05) is 65.0 Å². The molecule has 0 spiro atoms.